The van der Waals surface area contributed by atoms with E-state index >= 15 is 0 Å². The highest BCUT2D eigenvalue weighted by molar-refractivity contribution is 9.10. The first-order chi connectivity index (χ1) is 14.5. The van der Waals surface area contributed by atoms with Crippen molar-refractivity contribution in [1.29, 1.82) is 0 Å². The summed E-state index contributed by atoms with van der Waals surface area (Å²) in [6, 6.07) is 15.5. The molecule has 2 aromatic carbocycles. The molecule has 0 N–H and O–H groups in total. The smallest absolute Gasteiger partial charge is 0.248 e. The van der Waals surface area contributed by atoms with E-state index in [-0.39, 0.29) is 5.91 Å². The molecule has 6 nitrogen and oxygen atoms in total. The van der Waals surface area contributed by atoms with Crippen LogP contribution in [0.25, 0.3) is 22.5 Å². The second-order valence-corrected chi connectivity index (χ2v) is 7.88. The van der Waals surface area contributed by atoms with Crippen molar-refractivity contribution in [3.63, 3.8) is 0 Å². The van der Waals surface area contributed by atoms with Gasteiger partial charge in [0.15, 0.2) is 0 Å². The van der Waals surface area contributed by atoms with Crippen LogP contribution in [0.3, 0.4) is 0 Å². The number of rotatable bonds is 4. The van der Waals surface area contributed by atoms with E-state index in [0.717, 1.165) is 26.9 Å². The molecule has 0 radical (unpaired) electrons. The molecule has 4 rings (SSSR count). The molecule has 2 aromatic heterocycles. The summed E-state index contributed by atoms with van der Waals surface area (Å²) < 4.78 is 6.71. The third-order valence-corrected chi connectivity index (χ3v) is 5.23. The molecule has 30 heavy (non-hydrogen) atoms. The Bertz CT molecular complexity index is 1220. The van der Waals surface area contributed by atoms with Crippen molar-refractivity contribution in [3.05, 3.63) is 76.7 Å². The van der Waals surface area contributed by atoms with Gasteiger partial charge in [0.25, 0.3) is 0 Å². The number of hydrogen-bond donors (Lipinski definition) is 0. The highest BCUT2D eigenvalue weighted by Gasteiger charge is 2.29. The molecule has 0 aliphatic carbocycles. The summed E-state index contributed by atoms with van der Waals surface area (Å²) in [5.74, 6) is 0.140. The van der Waals surface area contributed by atoms with Gasteiger partial charge in [-0.05, 0) is 49.2 Å². The fourth-order valence-electron chi connectivity index (χ4n) is 3.32. The molecule has 0 aliphatic rings. The van der Waals surface area contributed by atoms with Crippen molar-refractivity contribution < 1.29 is 9.32 Å². The second kappa shape index (κ2) is 8.20. The molecule has 4 aromatic rings. The number of nitrogens with zero attached hydrogens (tertiary/aromatic N) is 4. The number of halogens is 1. The van der Waals surface area contributed by atoms with Crippen LogP contribution in [-0.2, 0) is 4.79 Å². The van der Waals surface area contributed by atoms with Gasteiger partial charge in [-0.15, -0.1) is 0 Å². The van der Waals surface area contributed by atoms with Gasteiger partial charge >= 0.3 is 0 Å². The van der Waals surface area contributed by atoms with Crippen LogP contribution in [0.1, 0.15) is 18.1 Å². The minimum Gasteiger partial charge on any atom is -0.336 e. The van der Waals surface area contributed by atoms with Gasteiger partial charge in [-0.1, -0.05) is 45.4 Å². The molecule has 0 saturated heterocycles. The lowest BCUT2D eigenvalue weighted by molar-refractivity contribution is -0.116. The van der Waals surface area contributed by atoms with Crippen molar-refractivity contribution >= 4 is 33.4 Å². The van der Waals surface area contributed by atoms with Gasteiger partial charge in [-0.2, -0.15) is 0 Å². The van der Waals surface area contributed by atoms with E-state index in [1.807, 2.05) is 56.3 Å². The Morgan fingerprint density at radius 2 is 1.93 bits per heavy atom. The van der Waals surface area contributed by atoms with Gasteiger partial charge in [-0.3, -0.25) is 4.79 Å². The summed E-state index contributed by atoms with van der Waals surface area (Å²) in [5.41, 5.74) is 5.43. The number of carbonyl (C=O) groups is 1. The van der Waals surface area contributed by atoms with E-state index in [9.17, 15) is 4.79 Å². The summed E-state index contributed by atoms with van der Waals surface area (Å²) in [6.45, 7) is 5.45. The Hall–Kier alpha value is -3.32. The lowest BCUT2D eigenvalue weighted by Crippen LogP contribution is -2.24. The molecule has 7 heteroatoms. The minimum atomic E-state index is -0.184. The summed E-state index contributed by atoms with van der Waals surface area (Å²) in [5, 5.41) is 4.33. The summed E-state index contributed by atoms with van der Waals surface area (Å²) in [4.78, 5) is 22.8. The summed E-state index contributed by atoms with van der Waals surface area (Å²) in [6.07, 6.45) is 3.12. The normalized spacial score (nSPS) is 10.8. The number of carbonyl (C=O) groups excluding carboxylic acids is 1. The maximum atomic E-state index is 12.8. The highest BCUT2D eigenvalue weighted by Crippen LogP contribution is 2.42. The largest absolute Gasteiger partial charge is 0.336 e. The topological polar surface area (TPSA) is 72.1 Å². The summed E-state index contributed by atoms with van der Waals surface area (Å²) in [7, 11) is 0. The number of aryl methyl sites for hydroxylation is 2. The Morgan fingerprint density at radius 1 is 1.10 bits per heavy atom. The standard InChI is InChI=1S/C23H19BrN4O2/c1-14-7-8-15(2)20(11-14)28(16(3)29)23-21(19-9-10-25-13-26-19)22(27-30-23)17-5-4-6-18(24)12-17/h4-13H,1-3H3. The lowest BCUT2D eigenvalue weighted by atomic mass is 10.0. The Balaban J connectivity index is 1.99. The van der Waals surface area contributed by atoms with Gasteiger partial charge in [0.2, 0.25) is 11.8 Å². The molecule has 0 saturated carbocycles. The molecule has 0 atom stereocenters. The highest BCUT2D eigenvalue weighted by atomic mass is 79.9. The van der Waals surface area contributed by atoms with Gasteiger partial charge in [0, 0.05) is 23.2 Å². The molecule has 1 amide bonds. The van der Waals surface area contributed by atoms with Crippen LogP contribution in [0.5, 0.6) is 0 Å². The first-order valence-corrected chi connectivity index (χ1v) is 10.1. The lowest BCUT2D eigenvalue weighted by Gasteiger charge is -2.21. The first-order valence-electron chi connectivity index (χ1n) is 9.35. The number of benzene rings is 2. The third-order valence-electron chi connectivity index (χ3n) is 4.73. The monoisotopic (exact) mass is 462 g/mol. The Morgan fingerprint density at radius 3 is 2.63 bits per heavy atom. The molecule has 0 fully saturated rings. The average molecular weight is 463 g/mol. The van der Waals surface area contributed by atoms with Crippen molar-refractivity contribution in [2.75, 3.05) is 4.90 Å². The van der Waals surface area contributed by atoms with Gasteiger partial charge in [0.1, 0.15) is 12.0 Å². The van der Waals surface area contributed by atoms with Crippen LogP contribution >= 0.6 is 15.9 Å². The first kappa shape index (κ1) is 20.0. The molecule has 0 aliphatic heterocycles. The van der Waals surface area contributed by atoms with Crippen molar-refractivity contribution in [2.24, 2.45) is 0 Å². The quantitative estimate of drug-likeness (QED) is 0.379. The van der Waals surface area contributed by atoms with Gasteiger partial charge in [0.05, 0.1) is 16.9 Å². The van der Waals surface area contributed by atoms with Crippen LogP contribution in [-0.4, -0.2) is 21.0 Å². The zero-order chi connectivity index (χ0) is 21.3. The van der Waals surface area contributed by atoms with Crippen LogP contribution in [0.4, 0.5) is 11.6 Å². The van der Waals surface area contributed by atoms with Crippen LogP contribution < -0.4 is 4.90 Å². The van der Waals surface area contributed by atoms with Crippen LogP contribution in [0.2, 0.25) is 0 Å². The van der Waals surface area contributed by atoms with E-state index in [4.69, 9.17) is 4.52 Å². The zero-order valence-corrected chi connectivity index (χ0v) is 18.3. The van der Waals surface area contributed by atoms with Crippen molar-refractivity contribution in [1.82, 2.24) is 15.1 Å². The summed E-state index contributed by atoms with van der Waals surface area (Å²) >= 11 is 3.50. The molecule has 0 bridgehead atoms. The maximum absolute atomic E-state index is 12.8. The Labute approximate surface area is 182 Å². The average Bonchev–Trinajstić information content (AvgIpc) is 3.16. The van der Waals surface area contributed by atoms with Gasteiger partial charge < -0.3 is 4.52 Å². The molecular weight excluding hydrogens is 444 g/mol. The van der Waals surface area contributed by atoms with Crippen molar-refractivity contribution in [2.45, 2.75) is 20.8 Å². The SMILES string of the molecule is CC(=O)N(c1cc(C)ccc1C)c1onc(-c2cccc(Br)c2)c1-c1ccncn1. The number of amides is 1. The predicted octanol–water partition coefficient (Wildman–Crippen LogP) is 5.86. The minimum absolute atomic E-state index is 0.184. The van der Waals surface area contributed by atoms with Crippen LogP contribution in [0, 0.1) is 13.8 Å². The van der Waals surface area contributed by atoms with E-state index in [0.29, 0.717) is 22.8 Å². The molecule has 0 unspecified atom stereocenters. The Kier molecular flexibility index (Phi) is 5.46. The molecule has 0 spiro atoms. The molecule has 150 valence electrons. The van der Waals surface area contributed by atoms with E-state index < -0.39 is 0 Å². The fourth-order valence-corrected chi connectivity index (χ4v) is 3.72. The fraction of sp³-hybridized carbons (Fsp3) is 0.130. The van der Waals surface area contributed by atoms with E-state index in [2.05, 4.69) is 31.1 Å². The van der Waals surface area contributed by atoms with E-state index in [1.54, 1.807) is 17.2 Å². The van der Waals surface area contributed by atoms with Gasteiger partial charge in [-0.25, -0.2) is 14.9 Å². The third kappa shape index (κ3) is 3.76. The predicted molar refractivity (Wildman–Crippen MR) is 119 cm³/mol. The van der Waals surface area contributed by atoms with Crippen LogP contribution in [0.15, 0.2) is 70.1 Å². The zero-order valence-electron chi connectivity index (χ0n) is 16.8. The number of aromatic nitrogens is 3. The maximum Gasteiger partial charge on any atom is 0.248 e. The molecular formula is C23H19BrN4O2. The van der Waals surface area contributed by atoms with E-state index in [1.165, 1.54) is 13.3 Å². The van der Waals surface area contributed by atoms with Crippen molar-refractivity contribution in [3.8, 4) is 22.5 Å². The number of hydrogen-bond acceptors (Lipinski definition) is 5. The number of anilines is 2. The second-order valence-electron chi connectivity index (χ2n) is 6.96. The molecule has 2 heterocycles.